The topological polar surface area (TPSA) is 30.7 Å². The Morgan fingerprint density at radius 2 is 1.82 bits per heavy atom. The van der Waals surface area contributed by atoms with E-state index in [4.69, 9.17) is 11.6 Å². The molecule has 0 amide bonds. The Kier molecular flexibility index (Phi) is 2.61. The maximum Gasteiger partial charge on any atom is 0.165 e. The van der Waals surface area contributed by atoms with Crippen molar-refractivity contribution in [1.29, 1.82) is 0 Å². The first-order valence-corrected chi connectivity index (χ1v) is 6.17. The van der Waals surface area contributed by atoms with Gasteiger partial charge >= 0.3 is 0 Å². The van der Waals surface area contributed by atoms with Crippen molar-refractivity contribution < 1.29 is 0 Å². The van der Waals surface area contributed by atoms with E-state index in [0.29, 0.717) is 5.02 Å². The third kappa shape index (κ3) is 1.94. The first-order chi connectivity index (χ1) is 8.24. The highest BCUT2D eigenvalue weighted by molar-refractivity contribution is 9.10. The van der Waals surface area contributed by atoms with Gasteiger partial charge in [0.25, 0.3) is 0 Å². The van der Waals surface area contributed by atoms with Crippen LogP contribution in [0, 0.1) is 0 Å². The maximum absolute atomic E-state index is 5.87. The third-order valence-corrected chi connectivity index (χ3v) is 3.16. The van der Waals surface area contributed by atoms with E-state index in [1.807, 2.05) is 41.0 Å². The number of hydrogen-bond acceptors (Lipinski definition) is 2. The molecule has 0 aliphatic heterocycles. The minimum atomic E-state index is 0.715. The molecule has 2 aromatic heterocycles. The molecule has 84 valence electrons. The van der Waals surface area contributed by atoms with Gasteiger partial charge in [-0.2, -0.15) is 0 Å². The summed E-state index contributed by atoms with van der Waals surface area (Å²) in [6, 6.07) is 11.4. The van der Waals surface area contributed by atoms with Gasteiger partial charge in [0, 0.05) is 10.7 Å². The predicted molar refractivity (Wildman–Crippen MR) is 71.6 cm³/mol. The van der Waals surface area contributed by atoms with Crippen molar-refractivity contribution in [1.82, 2.24) is 14.5 Å². The van der Waals surface area contributed by atoms with Crippen LogP contribution in [0.5, 0.6) is 0 Å². The maximum atomic E-state index is 5.87. The summed E-state index contributed by atoms with van der Waals surface area (Å²) in [5.74, 6) is 0. The molecule has 17 heavy (non-hydrogen) atoms. The lowest BCUT2D eigenvalue weighted by atomic mass is 10.3. The minimum Gasteiger partial charge on any atom is -0.283 e. The Morgan fingerprint density at radius 1 is 1.06 bits per heavy atom. The average molecular weight is 309 g/mol. The van der Waals surface area contributed by atoms with Gasteiger partial charge in [0.15, 0.2) is 5.65 Å². The first-order valence-electron chi connectivity index (χ1n) is 4.99. The third-order valence-electron chi connectivity index (χ3n) is 2.47. The molecule has 0 spiro atoms. The molecule has 3 nitrogen and oxygen atoms in total. The van der Waals surface area contributed by atoms with Crippen LogP contribution >= 0.6 is 27.5 Å². The zero-order valence-electron chi connectivity index (χ0n) is 8.64. The molecule has 3 rings (SSSR count). The lowest BCUT2D eigenvalue weighted by Gasteiger charge is -2.03. The fraction of sp³-hybridized carbons (Fsp3) is 0. The van der Waals surface area contributed by atoms with Gasteiger partial charge < -0.3 is 0 Å². The number of halogens is 2. The summed E-state index contributed by atoms with van der Waals surface area (Å²) in [6.07, 6.45) is 1.76. The van der Waals surface area contributed by atoms with Crippen molar-refractivity contribution in [2.24, 2.45) is 0 Å². The van der Waals surface area contributed by atoms with E-state index in [1.165, 1.54) is 0 Å². The number of pyridine rings is 1. The average Bonchev–Trinajstić information content (AvgIpc) is 2.73. The van der Waals surface area contributed by atoms with Crippen LogP contribution in [0.2, 0.25) is 5.02 Å². The van der Waals surface area contributed by atoms with Gasteiger partial charge in [-0.05, 0) is 52.3 Å². The van der Waals surface area contributed by atoms with Gasteiger partial charge in [0.05, 0.1) is 0 Å². The highest BCUT2D eigenvalue weighted by Gasteiger charge is 2.06. The molecule has 5 heteroatoms. The lowest BCUT2D eigenvalue weighted by Crippen LogP contribution is -1.93. The number of aromatic nitrogens is 3. The van der Waals surface area contributed by atoms with Crippen LogP contribution in [-0.2, 0) is 0 Å². The molecular weight excluding hydrogens is 302 g/mol. The molecule has 0 saturated carbocycles. The fourth-order valence-electron chi connectivity index (χ4n) is 1.66. The Balaban J connectivity index is 2.23. The highest BCUT2D eigenvalue weighted by Crippen LogP contribution is 2.20. The number of nitrogens with zero attached hydrogens (tertiary/aromatic N) is 3. The smallest absolute Gasteiger partial charge is 0.165 e. The van der Waals surface area contributed by atoms with Crippen molar-refractivity contribution in [3.05, 3.63) is 52.4 Å². The van der Waals surface area contributed by atoms with Gasteiger partial charge in [-0.1, -0.05) is 11.6 Å². The molecule has 0 radical (unpaired) electrons. The molecule has 0 atom stereocenters. The minimum absolute atomic E-state index is 0.715. The normalized spacial score (nSPS) is 10.9. The fourth-order valence-corrected chi connectivity index (χ4v) is 2.09. The van der Waals surface area contributed by atoms with Crippen molar-refractivity contribution in [3.63, 3.8) is 0 Å². The zero-order chi connectivity index (χ0) is 11.8. The molecule has 0 fully saturated rings. The molecule has 0 bridgehead atoms. The van der Waals surface area contributed by atoms with Crippen LogP contribution in [0.1, 0.15) is 0 Å². The predicted octanol–water partition coefficient (Wildman–Crippen LogP) is 3.84. The number of hydrogen-bond donors (Lipinski definition) is 0. The Bertz CT molecular complexity index is 676. The monoisotopic (exact) mass is 307 g/mol. The van der Waals surface area contributed by atoms with E-state index in [-0.39, 0.29) is 0 Å². The summed E-state index contributed by atoms with van der Waals surface area (Å²) >= 11 is 9.23. The molecule has 3 aromatic rings. The van der Waals surface area contributed by atoms with E-state index in [9.17, 15) is 0 Å². The van der Waals surface area contributed by atoms with Gasteiger partial charge in [-0.3, -0.25) is 4.57 Å². The first kappa shape index (κ1) is 10.7. The molecule has 0 unspecified atom stereocenters. The molecular formula is C12H7BrClN3. The SMILES string of the molecule is Clc1ccc(-n2cnc3ccc(Br)nc32)cc1. The summed E-state index contributed by atoms with van der Waals surface area (Å²) in [7, 11) is 0. The summed E-state index contributed by atoms with van der Waals surface area (Å²) in [5, 5.41) is 0.715. The van der Waals surface area contributed by atoms with Gasteiger partial charge in [0.1, 0.15) is 16.4 Å². The van der Waals surface area contributed by atoms with E-state index in [2.05, 4.69) is 25.9 Å². The number of fused-ring (bicyclic) bond motifs is 1. The summed E-state index contributed by atoms with van der Waals surface area (Å²) in [4.78, 5) is 8.72. The van der Waals surface area contributed by atoms with Gasteiger partial charge in [-0.15, -0.1) is 0 Å². The van der Waals surface area contributed by atoms with Crippen LogP contribution in [0.15, 0.2) is 47.3 Å². The molecule has 0 aliphatic carbocycles. The molecule has 2 heterocycles. The molecule has 0 N–H and O–H groups in total. The second kappa shape index (κ2) is 4.13. The molecule has 1 aromatic carbocycles. The van der Waals surface area contributed by atoms with E-state index >= 15 is 0 Å². The highest BCUT2D eigenvalue weighted by atomic mass is 79.9. The van der Waals surface area contributed by atoms with E-state index < -0.39 is 0 Å². The second-order valence-electron chi connectivity index (χ2n) is 3.57. The van der Waals surface area contributed by atoms with Gasteiger partial charge in [0.2, 0.25) is 0 Å². The largest absolute Gasteiger partial charge is 0.283 e. The molecule has 0 aliphatic rings. The second-order valence-corrected chi connectivity index (χ2v) is 4.82. The number of benzene rings is 1. The van der Waals surface area contributed by atoms with E-state index in [1.54, 1.807) is 6.33 Å². The van der Waals surface area contributed by atoms with Crippen LogP contribution < -0.4 is 0 Å². The van der Waals surface area contributed by atoms with Gasteiger partial charge in [-0.25, -0.2) is 9.97 Å². The van der Waals surface area contributed by atoms with Crippen molar-refractivity contribution >= 4 is 38.7 Å². The summed E-state index contributed by atoms with van der Waals surface area (Å²) < 4.78 is 2.72. The van der Waals surface area contributed by atoms with Crippen LogP contribution in [0.3, 0.4) is 0 Å². The molecule has 0 saturated heterocycles. The van der Waals surface area contributed by atoms with Crippen molar-refractivity contribution in [2.45, 2.75) is 0 Å². The lowest BCUT2D eigenvalue weighted by molar-refractivity contribution is 1.06. The van der Waals surface area contributed by atoms with Crippen LogP contribution in [0.4, 0.5) is 0 Å². The Hall–Kier alpha value is -1.39. The quantitative estimate of drug-likeness (QED) is 0.640. The summed E-state index contributed by atoms with van der Waals surface area (Å²) in [6.45, 7) is 0. The standard InChI is InChI=1S/C12H7BrClN3/c13-11-6-5-10-12(16-11)17(7-15-10)9-3-1-8(14)2-4-9/h1-7H. The number of imidazole rings is 1. The van der Waals surface area contributed by atoms with Crippen LogP contribution in [-0.4, -0.2) is 14.5 Å². The number of rotatable bonds is 1. The van der Waals surface area contributed by atoms with E-state index in [0.717, 1.165) is 21.5 Å². The zero-order valence-corrected chi connectivity index (χ0v) is 11.0. The van der Waals surface area contributed by atoms with Crippen LogP contribution in [0.25, 0.3) is 16.9 Å². The Morgan fingerprint density at radius 3 is 2.59 bits per heavy atom. The Labute approximate surface area is 111 Å². The summed E-state index contributed by atoms with van der Waals surface area (Å²) in [5.41, 5.74) is 2.67. The van der Waals surface area contributed by atoms with Crippen molar-refractivity contribution in [3.8, 4) is 5.69 Å². The van der Waals surface area contributed by atoms with Crippen molar-refractivity contribution in [2.75, 3.05) is 0 Å².